The molecule has 0 atom stereocenters. The van der Waals surface area contributed by atoms with Crippen LogP contribution >= 0.6 is 11.3 Å². The number of hydrogen-bond acceptors (Lipinski definition) is 5. The number of carbonyl (C=O) groups is 1. The number of fused-ring (bicyclic) bond motifs is 1. The summed E-state index contributed by atoms with van der Waals surface area (Å²) in [7, 11) is 0. The van der Waals surface area contributed by atoms with Gasteiger partial charge in [0.25, 0.3) is 0 Å². The maximum Gasteiger partial charge on any atom is 0.471 e. The fourth-order valence-electron chi connectivity index (χ4n) is 2.69. The fourth-order valence-corrected chi connectivity index (χ4v) is 3.33. The summed E-state index contributed by atoms with van der Waals surface area (Å²) >= 11 is 1.31. The number of aromatic nitrogens is 1. The number of thiophene rings is 1. The third-order valence-electron chi connectivity index (χ3n) is 4.00. The highest BCUT2D eigenvalue weighted by Crippen LogP contribution is 2.39. The van der Waals surface area contributed by atoms with Gasteiger partial charge in [-0.25, -0.2) is 4.98 Å². The van der Waals surface area contributed by atoms with Crippen molar-refractivity contribution in [3.8, 4) is 28.5 Å². The standard InChI is InChI=1S/C19H11F3N2O3S/c20-19(21,22)18(26)24-17-15(12-5-6-28-9-12)23-16(27-17)13-7-10-3-1-2-4-11(10)8-14(13)25/h1-9,25H,(H,24,26). The van der Waals surface area contributed by atoms with Crippen molar-refractivity contribution in [2.24, 2.45) is 0 Å². The Morgan fingerprint density at radius 3 is 2.50 bits per heavy atom. The van der Waals surface area contributed by atoms with Crippen LogP contribution in [0.25, 0.3) is 33.5 Å². The molecule has 0 saturated carbocycles. The van der Waals surface area contributed by atoms with Gasteiger partial charge in [-0.1, -0.05) is 24.3 Å². The van der Waals surface area contributed by atoms with E-state index < -0.39 is 18.0 Å². The Morgan fingerprint density at radius 2 is 1.86 bits per heavy atom. The number of hydrogen-bond donors (Lipinski definition) is 2. The van der Waals surface area contributed by atoms with E-state index in [-0.39, 0.29) is 22.9 Å². The highest BCUT2D eigenvalue weighted by Gasteiger charge is 2.40. The monoisotopic (exact) mass is 404 g/mol. The summed E-state index contributed by atoms with van der Waals surface area (Å²) < 4.78 is 43.4. The van der Waals surface area contributed by atoms with Gasteiger partial charge in [-0.3, -0.25) is 10.1 Å². The van der Waals surface area contributed by atoms with Crippen molar-refractivity contribution in [2.45, 2.75) is 6.18 Å². The number of nitrogens with zero attached hydrogens (tertiary/aromatic N) is 1. The molecule has 0 bridgehead atoms. The van der Waals surface area contributed by atoms with Gasteiger partial charge in [0.05, 0.1) is 5.56 Å². The van der Waals surface area contributed by atoms with Crippen LogP contribution in [-0.4, -0.2) is 22.2 Å². The first kappa shape index (κ1) is 18.1. The molecule has 28 heavy (non-hydrogen) atoms. The van der Waals surface area contributed by atoms with Gasteiger partial charge in [-0.15, -0.1) is 0 Å². The lowest BCUT2D eigenvalue weighted by Crippen LogP contribution is -2.29. The van der Waals surface area contributed by atoms with E-state index >= 15 is 0 Å². The van der Waals surface area contributed by atoms with Crippen LogP contribution in [0.5, 0.6) is 5.75 Å². The number of alkyl halides is 3. The first-order valence-corrected chi connectivity index (χ1v) is 8.91. The molecule has 142 valence electrons. The quantitative estimate of drug-likeness (QED) is 0.477. The van der Waals surface area contributed by atoms with Gasteiger partial charge < -0.3 is 9.52 Å². The normalized spacial score (nSPS) is 11.7. The molecule has 2 aromatic heterocycles. The molecule has 0 unspecified atom stereocenters. The second kappa shape index (κ2) is 6.68. The number of benzene rings is 2. The number of amides is 1. The molecule has 0 aliphatic carbocycles. The third kappa shape index (κ3) is 3.31. The first-order chi connectivity index (χ1) is 13.3. The average Bonchev–Trinajstić information content (AvgIpc) is 3.30. The zero-order valence-electron chi connectivity index (χ0n) is 13.9. The SMILES string of the molecule is O=C(Nc1oc(-c2cc3ccccc3cc2O)nc1-c1ccsc1)C(F)(F)F. The second-order valence-electron chi connectivity index (χ2n) is 5.88. The largest absolute Gasteiger partial charge is 0.507 e. The fraction of sp³-hybridized carbons (Fsp3) is 0.0526. The highest BCUT2D eigenvalue weighted by molar-refractivity contribution is 7.08. The van der Waals surface area contributed by atoms with E-state index in [0.29, 0.717) is 5.56 Å². The highest BCUT2D eigenvalue weighted by atomic mass is 32.1. The maximum absolute atomic E-state index is 12.7. The van der Waals surface area contributed by atoms with Crippen LogP contribution in [0.4, 0.5) is 19.1 Å². The van der Waals surface area contributed by atoms with Crippen molar-refractivity contribution in [1.82, 2.24) is 4.98 Å². The topological polar surface area (TPSA) is 75.4 Å². The van der Waals surface area contributed by atoms with Gasteiger partial charge in [0.15, 0.2) is 0 Å². The van der Waals surface area contributed by atoms with E-state index in [1.807, 2.05) is 18.2 Å². The number of phenolic OH excluding ortho intramolecular Hbond substituents is 1. The first-order valence-electron chi connectivity index (χ1n) is 7.96. The molecule has 2 N–H and O–H groups in total. The van der Waals surface area contributed by atoms with E-state index in [2.05, 4.69) is 4.98 Å². The molecule has 5 nitrogen and oxygen atoms in total. The summed E-state index contributed by atoms with van der Waals surface area (Å²) in [6.45, 7) is 0. The van der Waals surface area contributed by atoms with E-state index in [4.69, 9.17) is 4.42 Å². The summed E-state index contributed by atoms with van der Waals surface area (Å²) in [5, 5.41) is 17.0. The van der Waals surface area contributed by atoms with Crippen molar-refractivity contribution >= 4 is 33.9 Å². The minimum Gasteiger partial charge on any atom is -0.507 e. The van der Waals surface area contributed by atoms with Gasteiger partial charge in [0, 0.05) is 10.9 Å². The predicted octanol–water partition coefficient (Wildman–Crippen LogP) is 5.43. The number of halogens is 3. The van der Waals surface area contributed by atoms with Gasteiger partial charge in [-0.05, 0) is 34.4 Å². The van der Waals surface area contributed by atoms with E-state index in [0.717, 1.165) is 10.8 Å². The van der Waals surface area contributed by atoms with Crippen molar-refractivity contribution in [3.63, 3.8) is 0 Å². The Bertz CT molecular complexity index is 1170. The summed E-state index contributed by atoms with van der Waals surface area (Å²) in [6, 6.07) is 12.0. The molecule has 0 fully saturated rings. The molecule has 9 heteroatoms. The number of oxazole rings is 1. The van der Waals surface area contributed by atoms with Gasteiger partial charge >= 0.3 is 12.1 Å². The molecule has 2 heterocycles. The molecule has 2 aromatic carbocycles. The molecule has 0 saturated heterocycles. The van der Waals surface area contributed by atoms with E-state index in [1.54, 1.807) is 34.3 Å². The lowest BCUT2D eigenvalue weighted by molar-refractivity contribution is -0.167. The van der Waals surface area contributed by atoms with Crippen molar-refractivity contribution in [3.05, 3.63) is 53.2 Å². The zero-order chi connectivity index (χ0) is 19.9. The number of phenols is 1. The molecular weight excluding hydrogens is 393 g/mol. The Morgan fingerprint density at radius 1 is 1.14 bits per heavy atom. The average molecular weight is 404 g/mol. The smallest absolute Gasteiger partial charge is 0.471 e. The van der Waals surface area contributed by atoms with Crippen LogP contribution in [0, 0.1) is 0 Å². The summed E-state index contributed by atoms with van der Waals surface area (Å²) in [4.78, 5) is 15.6. The van der Waals surface area contributed by atoms with Gasteiger partial charge in [0.2, 0.25) is 11.8 Å². The van der Waals surface area contributed by atoms with E-state index in [1.165, 1.54) is 17.4 Å². The summed E-state index contributed by atoms with van der Waals surface area (Å²) in [5.41, 5.74) is 0.724. The minimum atomic E-state index is -5.08. The van der Waals surface area contributed by atoms with Gasteiger partial charge in [-0.2, -0.15) is 24.5 Å². The van der Waals surface area contributed by atoms with Crippen LogP contribution < -0.4 is 5.32 Å². The molecular formula is C19H11F3N2O3S. The third-order valence-corrected chi connectivity index (χ3v) is 4.68. The zero-order valence-corrected chi connectivity index (χ0v) is 14.8. The molecule has 0 aliphatic heterocycles. The van der Waals surface area contributed by atoms with E-state index in [9.17, 15) is 23.1 Å². The second-order valence-corrected chi connectivity index (χ2v) is 6.66. The number of carbonyl (C=O) groups excluding carboxylic acids is 1. The van der Waals surface area contributed by atoms with Crippen molar-refractivity contribution < 1.29 is 27.5 Å². The maximum atomic E-state index is 12.7. The Kier molecular flexibility index (Phi) is 4.31. The number of aromatic hydroxyl groups is 1. The van der Waals surface area contributed by atoms with Crippen molar-refractivity contribution in [1.29, 1.82) is 0 Å². The molecule has 4 aromatic rings. The number of rotatable bonds is 3. The summed E-state index contributed by atoms with van der Waals surface area (Å²) in [6.07, 6.45) is -5.08. The van der Waals surface area contributed by atoms with Crippen LogP contribution in [0.3, 0.4) is 0 Å². The Hall–Kier alpha value is -3.33. The Labute approximate surface area is 160 Å². The minimum absolute atomic E-state index is 0.0430. The number of anilines is 1. The van der Waals surface area contributed by atoms with Crippen LogP contribution in [0.15, 0.2) is 57.6 Å². The van der Waals surface area contributed by atoms with Crippen LogP contribution in [0.2, 0.25) is 0 Å². The lowest BCUT2D eigenvalue weighted by Gasteiger charge is -2.06. The molecule has 4 rings (SSSR count). The molecule has 0 aliphatic rings. The summed E-state index contributed by atoms with van der Waals surface area (Å²) in [5.74, 6) is -2.87. The molecule has 1 amide bonds. The van der Waals surface area contributed by atoms with Crippen molar-refractivity contribution in [2.75, 3.05) is 5.32 Å². The lowest BCUT2D eigenvalue weighted by atomic mass is 10.1. The van der Waals surface area contributed by atoms with Crippen LogP contribution in [-0.2, 0) is 4.79 Å². The predicted molar refractivity (Wildman–Crippen MR) is 99.1 cm³/mol. The van der Waals surface area contributed by atoms with Gasteiger partial charge in [0.1, 0.15) is 11.4 Å². The number of nitrogens with one attached hydrogen (secondary N) is 1. The van der Waals surface area contributed by atoms with Crippen LogP contribution in [0.1, 0.15) is 0 Å². The Balaban J connectivity index is 1.84. The molecule has 0 radical (unpaired) electrons. The molecule has 0 spiro atoms.